The summed E-state index contributed by atoms with van der Waals surface area (Å²) < 4.78 is 1.71. The van der Waals surface area contributed by atoms with Gasteiger partial charge >= 0.3 is 0 Å². The van der Waals surface area contributed by atoms with Gasteiger partial charge in [0.1, 0.15) is 11.2 Å². The normalized spacial score (nSPS) is 19.4. The molecule has 3 aromatic rings. The average molecular weight is 462 g/mol. The van der Waals surface area contributed by atoms with Crippen molar-refractivity contribution < 1.29 is 10.2 Å². The Morgan fingerprint density at radius 2 is 1.68 bits per heavy atom. The predicted octanol–water partition coefficient (Wildman–Crippen LogP) is 4.57. The minimum atomic E-state index is -1.10. The van der Waals surface area contributed by atoms with E-state index in [0.717, 1.165) is 29.8 Å². The highest BCUT2D eigenvalue weighted by atomic mass is 16.3. The second-order valence-corrected chi connectivity index (χ2v) is 11.1. The van der Waals surface area contributed by atoms with Gasteiger partial charge in [0.25, 0.3) is 0 Å². The second kappa shape index (κ2) is 8.95. The van der Waals surface area contributed by atoms with Crippen LogP contribution in [0.5, 0.6) is 0 Å². The fraction of sp³-hybridized carbons (Fsp3) is 0.483. The molecule has 1 aliphatic heterocycles. The molecule has 2 heterocycles. The fourth-order valence-corrected chi connectivity index (χ4v) is 5.52. The van der Waals surface area contributed by atoms with E-state index in [-0.39, 0.29) is 5.41 Å². The maximum atomic E-state index is 12.4. The van der Waals surface area contributed by atoms with Crippen molar-refractivity contribution in [2.75, 3.05) is 20.1 Å². The van der Waals surface area contributed by atoms with Crippen LogP contribution in [0.3, 0.4) is 0 Å². The standard InChI is InChI=1S/C29H39N3O2/c1-21(2)23-10-12-24(13-11-23)29(34,27(3)19-31(5)20-27)25-9-7-8-22(18-25)14-16-28(4,33)26-15-17-32(6)30-26/h7-13,15,17-18,21,33-34H,14,16,19-20H2,1-6H3/t28-,29-/m0/s1. The van der Waals surface area contributed by atoms with E-state index in [9.17, 15) is 10.2 Å². The van der Waals surface area contributed by atoms with Gasteiger partial charge in [-0.3, -0.25) is 4.68 Å². The lowest BCUT2D eigenvalue weighted by Crippen LogP contribution is -2.63. The molecule has 0 aliphatic carbocycles. The molecule has 1 saturated heterocycles. The van der Waals surface area contributed by atoms with E-state index < -0.39 is 11.2 Å². The number of nitrogens with zero attached hydrogens (tertiary/aromatic N) is 3. The minimum absolute atomic E-state index is 0.292. The molecular formula is C29H39N3O2. The van der Waals surface area contributed by atoms with Gasteiger partial charge in [-0.1, -0.05) is 69.3 Å². The Kier molecular flexibility index (Phi) is 6.49. The molecule has 2 atom stereocenters. The van der Waals surface area contributed by atoms with Gasteiger partial charge in [0, 0.05) is 31.7 Å². The van der Waals surface area contributed by atoms with Crippen molar-refractivity contribution in [3.8, 4) is 0 Å². The number of aryl methyl sites for hydroxylation is 2. The Bertz CT molecular complexity index is 1130. The number of aliphatic hydroxyl groups is 2. The van der Waals surface area contributed by atoms with Crippen molar-refractivity contribution in [1.82, 2.24) is 14.7 Å². The predicted molar refractivity (Wildman–Crippen MR) is 137 cm³/mol. The van der Waals surface area contributed by atoms with Crippen LogP contribution in [0.2, 0.25) is 0 Å². The first-order valence-corrected chi connectivity index (χ1v) is 12.3. The van der Waals surface area contributed by atoms with Crippen LogP contribution in [-0.2, 0) is 24.7 Å². The summed E-state index contributed by atoms with van der Waals surface area (Å²) in [4.78, 5) is 2.25. The molecule has 0 amide bonds. The zero-order chi connectivity index (χ0) is 24.7. The Morgan fingerprint density at radius 1 is 1.00 bits per heavy atom. The van der Waals surface area contributed by atoms with Gasteiger partial charge in [-0.15, -0.1) is 0 Å². The summed E-state index contributed by atoms with van der Waals surface area (Å²) >= 11 is 0. The van der Waals surface area contributed by atoms with Crippen molar-refractivity contribution in [3.63, 3.8) is 0 Å². The van der Waals surface area contributed by atoms with Gasteiger partial charge in [0.2, 0.25) is 0 Å². The summed E-state index contributed by atoms with van der Waals surface area (Å²) in [6, 6.07) is 18.6. The van der Waals surface area contributed by atoms with E-state index in [1.54, 1.807) is 4.68 Å². The molecule has 34 heavy (non-hydrogen) atoms. The molecule has 5 heteroatoms. The topological polar surface area (TPSA) is 61.5 Å². The lowest BCUT2D eigenvalue weighted by Gasteiger charge is -2.56. The average Bonchev–Trinajstić information content (AvgIpc) is 3.24. The fourth-order valence-electron chi connectivity index (χ4n) is 5.52. The summed E-state index contributed by atoms with van der Waals surface area (Å²) in [6.07, 6.45) is 3.09. The van der Waals surface area contributed by atoms with Crippen LogP contribution in [-0.4, -0.2) is 45.0 Å². The van der Waals surface area contributed by atoms with Crippen LogP contribution >= 0.6 is 0 Å². The highest BCUT2D eigenvalue weighted by molar-refractivity contribution is 5.43. The maximum Gasteiger partial charge on any atom is 0.122 e. The van der Waals surface area contributed by atoms with E-state index >= 15 is 0 Å². The molecular weight excluding hydrogens is 422 g/mol. The molecule has 0 radical (unpaired) electrons. The van der Waals surface area contributed by atoms with E-state index in [1.165, 1.54) is 5.56 Å². The van der Waals surface area contributed by atoms with Crippen molar-refractivity contribution in [2.45, 2.75) is 57.7 Å². The Balaban J connectivity index is 1.66. The van der Waals surface area contributed by atoms with Crippen LogP contribution in [0.4, 0.5) is 0 Å². The summed E-state index contributed by atoms with van der Waals surface area (Å²) in [7, 11) is 3.95. The van der Waals surface area contributed by atoms with Crippen LogP contribution in [0, 0.1) is 5.41 Å². The lowest BCUT2D eigenvalue weighted by molar-refractivity contribution is -0.127. The molecule has 0 bridgehead atoms. The van der Waals surface area contributed by atoms with Crippen LogP contribution in [0.1, 0.15) is 68.0 Å². The molecule has 0 spiro atoms. The van der Waals surface area contributed by atoms with Crippen molar-refractivity contribution in [2.24, 2.45) is 12.5 Å². The van der Waals surface area contributed by atoms with Crippen molar-refractivity contribution >= 4 is 0 Å². The van der Waals surface area contributed by atoms with E-state index in [1.807, 2.05) is 38.4 Å². The summed E-state index contributed by atoms with van der Waals surface area (Å²) in [5, 5.41) is 27.8. The monoisotopic (exact) mass is 461 g/mol. The largest absolute Gasteiger partial charge is 0.384 e. The first kappa shape index (κ1) is 24.6. The number of likely N-dealkylation sites (tertiary alicyclic amines) is 1. The zero-order valence-corrected chi connectivity index (χ0v) is 21.4. The summed E-state index contributed by atoms with van der Waals surface area (Å²) in [5.74, 6) is 0.447. The molecule has 0 saturated carbocycles. The molecule has 4 rings (SSSR count). The van der Waals surface area contributed by atoms with Crippen LogP contribution in [0.15, 0.2) is 60.8 Å². The third kappa shape index (κ3) is 4.45. The number of benzene rings is 2. The highest BCUT2D eigenvalue weighted by Crippen LogP contribution is 2.50. The van der Waals surface area contributed by atoms with Crippen LogP contribution in [0.25, 0.3) is 0 Å². The minimum Gasteiger partial charge on any atom is -0.384 e. The number of rotatable bonds is 8. The molecule has 5 nitrogen and oxygen atoms in total. The van der Waals surface area contributed by atoms with Gasteiger partial charge in [0.15, 0.2) is 0 Å². The number of aromatic nitrogens is 2. The molecule has 1 aromatic heterocycles. The molecule has 182 valence electrons. The molecule has 1 aliphatic rings. The number of hydrogen-bond acceptors (Lipinski definition) is 4. The Hall–Kier alpha value is -2.47. The van der Waals surface area contributed by atoms with E-state index in [2.05, 4.69) is 74.2 Å². The van der Waals surface area contributed by atoms with E-state index in [4.69, 9.17) is 0 Å². The van der Waals surface area contributed by atoms with Gasteiger partial charge in [-0.25, -0.2) is 0 Å². The first-order chi connectivity index (χ1) is 15.9. The van der Waals surface area contributed by atoms with Gasteiger partial charge in [-0.2, -0.15) is 5.10 Å². The Morgan fingerprint density at radius 3 is 2.24 bits per heavy atom. The SMILES string of the molecule is CC(C)c1ccc([C@](O)(c2cccc(CC[C@](C)(O)c3ccn(C)n3)c2)C2(C)CN(C)C2)cc1. The molecule has 2 aromatic carbocycles. The first-order valence-electron chi connectivity index (χ1n) is 12.3. The number of hydrogen-bond donors (Lipinski definition) is 2. The summed E-state index contributed by atoms with van der Waals surface area (Å²) in [6.45, 7) is 10.0. The maximum absolute atomic E-state index is 12.4. The quantitative estimate of drug-likeness (QED) is 0.516. The lowest BCUT2D eigenvalue weighted by atomic mass is 9.61. The smallest absolute Gasteiger partial charge is 0.122 e. The Labute approximate surface area is 204 Å². The third-order valence-corrected chi connectivity index (χ3v) is 7.62. The molecule has 2 N–H and O–H groups in total. The molecule has 1 fully saturated rings. The van der Waals surface area contributed by atoms with Gasteiger partial charge in [-0.05, 0) is 61.1 Å². The third-order valence-electron chi connectivity index (χ3n) is 7.62. The van der Waals surface area contributed by atoms with Crippen molar-refractivity contribution in [3.05, 3.63) is 88.7 Å². The van der Waals surface area contributed by atoms with E-state index in [0.29, 0.717) is 24.5 Å². The second-order valence-electron chi connectivity index (χ2n) is 11.1. The molecule has 0 unspecified atom stereocenters. The van der Waals surface area contributed by atoms with Gasteiger partial charge < -0.3 is 15.1 Å². The highest BCUT2D eigenvalue weighted by Gasteiger charge is 2.55. The zero-order valence-electron chi connectivity index (χ0n) is 21.4. The van der Waals surface area contributed by atoms with Crippen molar-refractivity contribution in [1.29, 1.82) is 0 Å². The summed E-state index contributed by atoms with van der Waals surface area (Å²) in [5.41, 5.74) is 2.49. The van der Waals surface area contributed by atoms with Crippen LogP contribution < -0.4 is 0 Å². The van der Waals surface area contributed by atoms with Gasteiger partial charge in [0.05, 0.1) is 5.69 Å².